The molecule has 9 nitrogen and oxygen atoms in total. The van der Waals surface area contributed by atoms with Crippen molar-refractivity contribution < 1.29 is 27.9 Å². The Morgan fingerprint density at radius 3 is 2.16 bits per heavy atom. The van der Waals surface area contributed by atoms with Gasteiger partial charge in [0.25, 0.3) is 5.91 Å². The first-order valence-electron chi connectivity index (χ1n) is 16.1. The summed E-state index contributed by atoms with van der Waals surface area (Å²) in [4.78, 5) is 35.7. The molecule has 1 aliphatic heterocycles. The van der Waals surface area contributed by atoms with Crippen molar-refractivity contribution in [3.63, 3.8) is 0 Å². The Labute approximate surface area is 282 Å². The molecule has 1 aromatic heterocycles. The van der Waals surface area contributed by atoms with Gasteiger partial charge in [0.2, 0.25) is 5.56 Å². The molecule has 2 fully saturated rings. The number of rotatable bonds is 9. The van der Waals surface area contributed by atoms with Gasteiger partial charge in [-0.15, -0.1) is 0 Å². The van der Waals surface area contributed by atoms with Gasteiger partial charge in [0.05, 0.1) is 11.4 Å². The number of carboxylic acid groups (broad SMARTS) is 1. The number of pyridine rings is 1. The number of hydrogen-bond acceptors (Lipinski definition) is 6. The van der Waals surface area contributed by atoms with Gasteiger partial charge in [-0.3, -0.25) is 14.5 Å². The van der Waals surface area contributed by atoms with Crippen LogP contribution in [-0.2, 0) is 18.4 Å². The van der Waals surface area contributed by atoms with Crippen LogP contribution in [0.3, 0.4) is 0 Å². The van der Waals surface area contributed by atoms with Crippen LogP contribution in [0, 0.1) is 5.92 Å². The number of hydrogen-bond donors (Lipinski definition) is 4. The van der Waals surface area contributed by atoms with E-state index in [0.717, 1.165) is 37.3 Å². The zero-order valence-electron chi connectivity index (χ0n) is 27.1. The number of nitrogens with two attached hydrogens (primary N) is 1. The summed E-state index contributed by atoms with van der Waals surface area (Å²) >= 11 is 0. The number of nitrogen functional groups attached to an aromatic ring is 1. The number of carbonyl (C=O) groups is 2. The maximum Gasteiger partial charge on any atom is 0.490 e. The van der Waals surface area contributed by atoms with Gasteiger partial charge in [0, 0.05) is 43.4 Å². The summed E-state index contributed by atoms with van der Waals surface area (Å²) in [5, 5.41) is 13.8. The topological polar surface area (TPSA) is 130 Å². The van der Waals surface area contributed by atoms with Crippen molar-refractivity contribution in [2.45, 2.75) is 43.9 Å². The average molecular weight is 676 g/mol. The van der Waals surface area contributed by atoms with Crippen molar-refractivity contribution in [3.8, 4) is 11.1 Å². The van der Waals surface area contributed by atoms with Gasteiger partial charge < -0.3 is 26.0 Å². The van der Waals surface area contributed by atoms with E-state index in [1.807, 2.05) is 42.6 Å². The Kier molecular flexibility index (Phi) is 11.2. The molecule has 0 radical (unpaired) electrons. The number of para-hydroxylation sites is 2. The Bertz CT molecular complexity index is 1800. The number of carboxylic acids is 1. The number of nitrogens with zero attached hydrogens (tertiary/aromatic N) is 2. The van der Waals surface area contributed by atoms with E-state index in [0.29, 0.717) is 34.8 Å². The lowest BCUT2D eigenvalue weighted by Gasteiger charge is -2.32. The van der Waals surface area contributed by atoms with Gasteiger partial charge in [-0.2, -0.15) is 13.2 Å². The lowest BCUT2D eigenvalue weighted by Crippen LogP contribution is -2.37. The fourth-order valence-electron chi connectivity index (χ4n) is 5.97. The number of alkyl halides is 3. The number of nitrogens with one attached hydrogen (secondary N) is 2. The third-order valence-corrected chi connectivity index (χ3v) is 9.00. The quantitative estimate of drug-likeness (QED) is 0.163. The van der Waals surface area contributed by atoms with Crippen molar-refractivity contribution in [1.29, 1.82) is 0 Å². The van der Waals surface area contributed by atoms with Crippen molar-refractivity contribution in [1.82, 2.24) is 14.8 Å². The van der Waals surface area contributed by atoms with Gasteiger partial charge in [-0.05, 0) is 97.4 Å². The fourth-order valence-corrected chi connectivity index (χ4v) is 5.97. The molecule has 0 spiro atoms. The van der Waals surface area contributed by atoms with Gasteiger partial charge >= 0.3 is 12.1 Å². The molecule has 2 aliphatic rings. The van der Waals surface area contributed by atoms with Crippen LogP contribution in [0.4, 0.5) is 24.5 Å². The van der Waals surface area contributed by atoms with E-state index >= 15 is 0 Å². The van der Waals surface area contributed by atoms with Crippen molar-refractivity contribution in [3.05, 3.63) is 118 Å². The summed E-state index contributed by atoms with van der Waals surface area (Å²) in [5.74, 6) is -1.60. The third-order valence-electron chi connectivity index (χ3n) is 9.00. The number of aliphatic carboxylic acids is 1. The van der Waals surface area contributed by atoms with Gasteiger partial charge in [0.15, 0.2) is 0 Å². The normalized spacial score (nSPS) is 17.9. The molecule has 0 bridgehead atoms. The van der Waals surface area contributed by atoms with Crippen LogP contribution in [0.15, 0.2) is 95.9 Å². The third kappa shape index (κ3) is 9.80. The van der Waals surface area contributed by atoms with Crippen molar-refractivity contribution in [2.75, 3.05) is 30.7 Å². The summed E-state index contributed by atoms with van der Waals surface area (Å²) in [6.45, 7) is 4.19. The average Bonchev–Trinajstić information content (AvgIpc) is 3.87. The lowest BCUT2D eigenvalue weighted by molar-refractivity contribution is -0.192. The van der Waals surface area contributed by atoms with Crippen molar-refractivity contribution >= 4 is 23.3 Å². The zero-order chi connectivity index (χ0) is 35.1. The molecular formula is C37H40F3N5O4. The first kappa shape index (κ1) is 35.4. The van der Waals surface area contributed by atoms with Crippen LogP contribution in [0.25, 0.3) is 11.1 Å². The first-order valence-corrected chi connectivity index (χ1v) is 16.1. The highest BCUT2D eigenvalue weighted by molar-refractivity contribution is 6.05. The molecule has 258 valence electrons. The van der Waals surface area contributed by atoms with E-state index < -0.39 is 12.1 Å². The van der Waals surface area contributed by atoms with Crippen LogP contribution in [0.1, 0.15) is 46.7 Å². The standard InChI is InChI=1S/C35H39N5O2.C2HF3O2/c1-39-23-29(14-15-34(39)41)26-10-12-27(13-11-26)30-20-33(30)37-21-24-16-18-40(19-17-24)22-25-6-8-28(9-7-25)35(42)38-32-5-3-2-4-31(32)36;3-2(4,5)1(6)7/h2-15,23-24,30,33,37H,16-22,36H2,1H3,(H,38,42);(H,6,7). The molecule has 3 aromatic carbocycles. The molecule has 1 saturated carbocycles. The van der Waals surface area contributed by atoms with Crippen molar-refractivity contribution in [2.24, 2.45) is 13.0 Å². The molecule has 2 unspecified atom stereocenters. The molecule has 4 aromatic rings. The number of carbonyl (C=O) groups excluding carboxylic acids is 1. The highest BCUT2D eigenvalue weighted by Crippen LogP contribution is 2.41. The second-order valence-electron chi connectivity index (χ2n) is 12.6. The predicted molar refractivity (Wildman–Crippen MR) is 183 cm³/mol. The van der Waals surface area contributed by atoms with E-state index in [1.54, 1.807) is 23.7 Å². The Morgan fingerprint density at radius 2 is 1.55 bits per heavy atom. The number of amides is 1. The predicted octanol–water partition coefficient (Wildman–Crippen LogP) is 5.88. The van der Waals surface area contributed by atoms with Crippen LogP contribution in [0.5, 0.6) is 0 Å². The molecular weight excluding hydrogens is 635 g/mol. The van der Waals surface area contributed by atoms with E-state index in [9.17, 15) is 22.8 Å². The SMILES string of the molecule is Cn1cc(-c2ccc(C3CC3NCC3CCN(Cc4ccc(C(=O)Nc5ccccc5N)cc4)CC3)cc2)ccc1=O.O=C(O)C(F)(F)F. The van der Waals surface area contributed by atoms with Crippen LogP contribution >= 0.6 is 0 Å². The number of aryl methyl sites for hydroxylation is 1. The van der Waals surface area contributed by atoms with Crippen LogP contribution in [-0.4, -0.2) is 58.3 Å². The summed E-state index contributed by atoms with van der Waals surface area (Å²) in [7, 11) is 1.79. The lowest BCUT2D eigenvalue weighted by atomic mass is 9.96. The van der Waals surface area contributed by atoms with Gasteiger partial charge in [0.1, 0.15) is 0 Å². The number of piperidine rings is 1. The summed E-state index contributed by atoms with van der Waals surface area (Å²) in [5.41, 5.74) is 12.6. The van der Waals surface area contributed by atoms with E-state index in [-0.39, 0.29) is 11.5 Å². The van der Waals surface area contributed by atoms with E-state index in [2.05, 4.69) is 51.9 Å². The number of aromatic nitrogens is 1. The molecule has 5 N–H and O–H groups in total. The van der Waals surface area contributed by atoms with E-state index in [1.165, 1.54) is 30.4 Å². The Balaban J connectivity index is 0.000000606. The van der Waals surface area contributed by atoms with E-state index in [4.69, 9.17) is 15.6 Å². The molecule has 49 heavy (non-hydrogen) atoms. The number of likely N-dealkylation sites (tertiary alicyclic amines) is 1. The second kappa shape index (κ2) is 15.5. The first-order chi connectivity index (χ1) is 23.4. The maximum absolute atomic E-state index is 12.6. The maximum atomic E-state index is 12.6. The highest BCUT2D eigenvalue weighted by Gasteiger charge is 2.39. The fraction of sp³-hybridized carbons (Fsp3) is 0.324. The number of benzene rings is 3. The van der Waals surface area contributed by atoms with Gasteiger partial charge in [-0.25, -0.2) is 4.79 Å². The molecule has 1 amide bonds. The zero-order valence-corrected chi connectivity index (χ0v) is 27.1. The summed E-state index contributed by atoms with van der Waals surface area (Å²) in [6, 6.07) is 28.1. The minimum atomic E-state index is -5.08. The Morgan fingerprint density at radius 1 is 0.918 bits per heavy atom. The summed E-state index contributed by atoms with van der Waals surface area (Å²) in [6.07, 6.45) is 0.422. The molecule has 1 saturated heterocycles. The molecule has 1 aliphatic carbocycles. The number of halogens is 3. The number of anilines is 2. The molecule has 2 heterocycles. The largest absolute Gasteiger partial charge is 0.490 e. The molecule has 12 heteroatoms. The second-order valence-corrected chi connectivity index (χ2v) is 12.6. The smallest absolute Gasteiger partial charge is 0.475 e. The molecule has 2 atom stereocenters. The summed E-state index contributed by atoms with van der Waals surface area (Å²) < 4.78 is 33.4. The Hall–Kier alpha value is -4.94. The minimum absolute atomic E-state index is 0.0106. The van der Waals surface area contributed by atoms with Crippen LogP contribution in [0.2, 0.25) is 0 Å². The van der Waals surface area contributed by atoms with Crippen LogP contribution < -0.4 is 21.9 Å². The highest BCUT2D eigenvalue weighted by atomic mass is 19.4. The molecule has 6 rings (SSSR count). The van der Waals surface area contributed by atoms with Gasteiger partial charge in [-0.1, -0.05) is 48.5 Å². The minimum Gasteiger partial charge on any atom is -0.475 e. The monoisotopic (exact) mass is 675 g/mol.